The molecule has 2 amide bonds. The number of nitrogens with zero attached hydrogens (tertiary/aromatic N) is 1. The summed E-state index contributed by atoms with van der Waals surface area (Å²) in [5.41, 5.74) is 5.99. The number of rotatable bonds is 3. The van der Waals surface area contributed by atoms with Crippen molar-refractivity contribution in [2.45, 2.75) is 69.7 Å². The first-order valence-electron chi connectivity index (χ1n) is 14.6. The zero-order chi connectivity index (χ0) is 27.8. The van der Waals surface area contributed by atoms with Crippen LogP contribution in [0, 0.1) is 17.8 Å². The Labute approximate surface area is 235 Å². The molecule has 1 saturated carbocycles. The molecule has 5 heteroatoms. The van der Waals surface area contributed by atoms with Gasteiger partial charge < -0.3 is 4.74 Å². The van der Waals surface area contributed by atoms with Gasteiger partial charge in [0.15, 0.2) is 0 Å². The minimum Gasteiger partial charge on any atom is -0.426 e. The van der Waals surface area contributed by atoms with E-state index in [9.17, 15) is 14.4 Å². The average molecular weight is 534 g/mol. The lowest BCUT2D eigenvalue weighted by Gasteiger charge is -2.45. The Morgan fingerprint density at radius 2 is 1.15 bits per heavy atom. The number of carbonyl (C=O) groups is 3. The molecule has 3 aromatic carbocycles. The smallest absolute Gasteiger partial charge is 0.314 e. The Kier molecular flexibility index (Phi) is 5.78. The van der Waals surface area contributed by atoms with Crippen molar-refractivity contribution in [3.8, 4) is 5.75 Å². The van der Waals surface area contributed by atoms with E-state index in [4.69, 9.17) is 4.74 Å². The van der Waals surface area contributed by atoms with Crippen molar-refractivity contribution in [2.24, 2.45) is 17.8 Å². The Balaban J connectivity index is 1.07. The second kappa shape index (κ2) is 9.15. The molecule has 0 N–H and O–H groups in total. The summed E-state index contributed by atoms with van der Waals surface area (Å²) < 4.78 is 5.72. The van der Waals surface area contributed by atoms with Crippen LogP contribution in [0.3, 0.4) is 0 Å². The number of hydrogen-bond acceptors (Lipinski definition) is 4. The normalized spacial score (nSPS) is 28.6. The molecule has 1 saturated heterocycles. The van der Waals surface area contributed by atoms with E-state index in [-0.39, 0.29) is 58.8 Å². The third-order valence-electron chi connectivity index (χ3n) is 9.82. The molecule has 0 aromatic heterocycles. The van der Waals surface area contributed by atoms with Crippen LogP contribution in [0.15, 0.2) is 72.8 Å². The van der Waals surface area contributed by atoms with Gasteiger partial charge in [0.05, 0.1) is 17.8 Å². The number of ether oxygens (including phenoxy) is 1. The zero-order valence-corrected chi connectivity index (χ0v) is 23.3. The van der Waals surface area contributed by atoms with Crippen LogP contribution in [0.4, 0.5) is 0 Å². The minimum atomic E-state index is -0.346. The Hall–Kier alpha value is -3.73. The van der Waals surface area contributed by atoms with E-state index in [1.165, 1.54) is 27.8 Å². The molecule has 40 heavy (non-hydrogen) atoms. The first kappa shape index (κ1) is 25.3. The number of likely N-dealkylation sites (tertiary alicyclic amines) is 1. The van der Waals surface area contributed by atoms with Crippen molar-refractivity contribution in [1.29, 1.82) is 0 Å². The van der Waals surface area contributed by atoms with Gasteiger partial charge in [-0.05, 0) is 71.0 Å². The largest absolute Gasteiger partial charge is 0.426 e. The van der Waals surface area contributed by atoms with Gasteiger partial charge in [-0.3, -0.25) is 19.3 Å². The van der Waals surface area contributed by atoms with Crippen molar-refractivity contribution in [3.05, 3.63) is 101 Å². The number of hydrogen-bond donors (Lipinski definition) is 0. The van der Waals surface area contributed by atoms with Gasteiger partial charge in [-0.25, -0.2) is 0 Å². The molecule has 2 fully saturated rings. The van der Waals surface area contributed by atoms with E-state index in [0.29, 0.717) is 31.4 Å². The number of amides is 2. The van der Waals surface area contributed by atoms with Crippen LogP contribution in [0.2, 0.25) is 0 Å². The van der Waals surface area contributed by atoms with Crippen molar-refractivity contribution in [3.63, 3.8) is 0 Å². The van der Waals surface area contributed by atoms with E-state index in [2.05, 4.69) is 45.0 Å². The standard InChI is InChI=1S/C35H35NO4/c1-35(2,3)21-14-18-23(19-15-21)40-34(39)20-12-16-22(17-13-20)36-32(37)30-28-24-8-4-5-9-25(24)29(31(30)33(36)38)27-11-7-6-10-26(27)28/h4-11,14-15,18-20,22,28-31H,12-13,16-17H2,1-3H3/t20?,22?,28?,29?,30-,31+. The maximum absolute atomic E-state index is 14.0. The number of carbonyl (C=O) groups excluding carboxylic acids is 3. The summed E-state index contributed by atoms with van der Waals surface area (Å²) in [5, 5.41) is 0. The molecule has 3 aromatic rings. The molecule has 1 heterocycles. The Bertz CT molecular complexity index is 1390. The maximum atomic E-state index is 14.0. The summed E-state index contributed by atoms with van der Waals surface area (Å²) in [5.74, 6) is -0.805. The SMILES string of the molecule is CC(C)(C)c1ccc(OC(=O)C2CCC(N3C(=O)[C@@H]4C5c6ccccc6C(c6ccccc65)[C@@H]4C3=O)CC2)cc1. The molecule has 5 nitrogen and oxygen atoms in total. The first-order chi connectivity index (χ1) is 19.2. The van der Waals surface area contributed by atoms with Gasteiger partial charge >= 0.3 is 5.97 Å². The highest BCUT2D eigenvalue weighted by Crippen LogP contribution is 2.61. The molecule has 8 rings (SSSR count). The van der Waals surface area contributed by atoms with Crippen LogP contribution in [-0.4, -0.2) is 28.7 Å². The second-order valence-electron chi connectivity index (χ2n) is 13.0. The van der Waals surface area contributed by atoms with Crippen molar-refractivity contribution >= 4 is 17.8 Å². The summed E-state index contributed by atoms with van der Waals surface area (Å²) in [6.45, 7) is 6.46. The lowest BCUT2D eigenvalue weighted by atomic mass is 9.55. The molecule has 2 bridgehead atoms. The molecule has 1 aliphatic heterocycles. The minimum absolute atomic E-state index is 0.0287. The molecular weight excluding hydrogens is 498 g/mol. The molecule has 0 spiro atoms. The van der Waals surface area contributed by atoms with Gasteiger partial charge in [-0.2, -0.15) is 0 Å². The summed E-state index contributed by atoms with van der Waals surface area (Å²) in [6.07, 6.45) is 2.50. The highest BCUT2D eigenvalue weighted by Gasteiger charge is 2.62. The Morgan fingerprint density at radius 1 is 0.700 bits per heavy atom. The molecule has 4 aliphatic carbocycles. The van der Waals surface area contributed by atoms with Crippen LogP contribution in [0.25, 0.3) is 0 Å². The molecule has 2 atom stereocenters. The second-order valence-corrected chi connectivity index (χ2v) is 13.0. The van der Waals surface area contributed by atoms with Gasteiger partial charge in [-0.15, -0.1) is 0 Å². The van der Waals surface area contributed by atoms with E-state index < -0.39 is 0 Å². The number of benzene rings is 3. The van der Waals surface area contributed by atoms with Crippen molar-refractivity contribution < 1.29 is 19.1 Å². The molecular formula is C35H35NO4. The summed E-state index contributed by atoms with van der Waals surface area (Å²) in [6, 6.07) is 24.2. The predicted octanol–water partition coefficient (Wildman–Crippen LogP) is 6.34. The van der Waals surface area contributed by atoms with Crippen LogP contribution in [-0.2, 0) is 19.8 Å². The summed E-state index contributed by atoms with van der Waals surface area (Å²) in [7, 11) is 0. The van der Waals surface area contributed by atoms with E-state index in [1.54, 1.807) is 4.90 Å². The first-order valence-corrected chi connectivity index (χ1v) is 14.6. The monoisotopic (exact) mass is 533 g/mol. The van der Waals surface area contributed by atoms with Crippen molar-refractivity contribution in [2.75, 3.05) is 0 Å². The van der Waals surface area contributed by atoms with Gasteiger partial charge in [0.25, 0.3) is 0 Å². The highest BCUT2D eigenvalue weighted by molar-refractivity contribution is 6.08. The fourth-order valence-electron chi connectivity index (χ4n) is 7.85. The topological polar surface area (TPSA) is 63.7 Å². The Morgan fingerprint density at radius 3 is 1.57 bits per heavy atom. The van der Waals surface area contributed by atoms with Crippen LogP contribution in [0.1, 0.15) is 86.1 Å². The molecule has 0 radical (unpaired) electrons. The lowest BCUT2D eigenvalue weighted by Crippen LogP contribution is -2.44. The van der Waals surface area contributed by atoms with Crippen LogP contribution >= 0.6 is 0 Å². The predicted molar refractivity (Wildman–Crippen MR) is 152 cm³/mol. The molecule has 0 unspecified atom stereocenters. The fourth-order valence-corrected chi connectivity index (χ4v) is 7.85. The quantitative estimate of drug-likeness (QED) is 0.224. The summed E-state index contributed by atoms with van der Waals surface area (Å²) >= 11 is 0. The number of esters is 1. The van der Waals surface area contributed by atoms with E-state index in [0.717, 1.165) is 0 Å². The van der Waals surface area contributed by atoms with Crippen molar-refractivity contribution in [1.82, 2.24) is 4.90 Å². The van der Waals surface area contributed by atoms with Crippen LogP contribution < -0.4 is 4.74 Å². The molecule has 5 aliphatic rings. The van der Waals surface area contributed by atoms with Gasteiger partial charge in [0.1, 0.15) is 5.75 Å². The fraction of sp³-hybridized carbons (Fsp3) is 0.400. The highest BCUT2D eigenvalue weighted by atomic mass is 16.5. The third-order valence-corrected chi connectivity index (χ3v) is 9.82. The van der Waals surface area contributed by atoms with Crippen LogP contribution in [0.5, 0.6) is 5.75 Å². The van der Waals surface area contributed by atoms with Gasteiger partial charge in [-0.1, -0.05) is 81.4 Å². The maximum Gasteiger partial charge on any atom is 0.314 e. The third kappa shape index (κ3) is 3.77. The zero-order valence-electron chi connectivity index (χ0n) is 23.3. The average Bonchev–Trinajstić information content (AvgIpc) is 3.23. The van der Waals surface area contributed by atoms with Gasteiger partial charge in [0.2, 0.25) is 11.8 Å². The van der Waals surface area contributed by atoms with E-state index in [1.807, 2.05) is 48.5 Å². The van der Waals surface area contributed by atoms with Gasteiger partial charge in [0, 0.05) is 17.9 Å². The summed E-state index contributed by atoms with van der Waals surface area (Å²) in [4.78, 5) is 42.6. The lowest BCUT2D eigenvalue weighted by molar-refractivity contribution is -0.144. The van der Waals surface area contributed by atoms with E-state index >= 15 is 0 Å². The molecule has 204 valence electrons. The number of imide groups is 1.